The van der Waals surface area contributed by atoms with Gasteiger partial charge in [-0.2, -0.15) is 13.2 Å². The fourth-order valence-electron chi connectivity index (χ4n) is 2.89. The van der Waals surface area contributed by atoms with E-state index in [-0.39, 0.29) is 11.9 Å². The Hall–Kier alpha value is -2.00. The average molecular weight is 485 g/mol. The number of pyridine rings is 1. The summed E-state index contributed by atoms with van der Waals surface area (Å²) in [6, 6.07) is 9.06. The molecule has 1 N–H and O–H groups in total. The molecule has 0 bridgehead atoms. The minimum absolute atomic E-state index is 0.294. The van der Waals surface area contributed by atoms with E-state index in [1.165, 1.54) is 0 Å². The number of aryl methyl sites for hydroxylation is 1. The van der Waals surface area contributed by atoms with Crippen LogP contribution in [0.15, 0.2) is 47.2 Å². The standard InChI is InChI=1S/C20H20BrF3N4S/c1-12(2)8-15-9-14(6-7-25-15)19-26-18(11-28(19)3)13-4-5-17(16(21)10-13)27-29-20(22,23)24/h4-7,9-12,27H,8H2,1-3H3. The van der Waals surface area contributed by atoms with Gasteiger partial charge in [-0.3, -0.25) is 4.98 Å². The molecule has 3 rings (SSSR count). The van der Waals surface area contributed by atoms with Crippen molar-refractivity contribution in [1.29, 1.82) is 0 Å². The summed E-state index contributed by atoms with van der Waals surface area (Å²) in [5, 5.41) is 0. The van der Waals surface area contributed by atoms with Gasteiger partial charge in [0.2, 0.25) is 0 Å². The highest BCUT2D eigenvalue weighted by atomic mass is 79.9. The summed E-state index contributed by atoms with van der Waals surface area (Å²) in [6.45, 7) is 4.30. The van der Waals surface area contributed by atoms with E-state index in [0.29, 0.717) is 16.1 Å². The number of benzene rings is 1. The third-order valence-electron chi connectivity index (χ3n) is 4.11. The van der Waals surface area contributed by atoms with Crippen LogP contribution in [0.5, 0.6) is 0 Å². The lowest BCUT2D eigenvalue weighted by molar-refractivity contribution is -0.0323. The minimum atomic E-state index is -4.35. The SMILES string of the molecule is CC(C)Cc1cc(-c2nc(-c3ccc(NSC(F)(F)F)c(Br)c3)cn2C)ccn1. The fourth-order valence-corrected chi connectivity index (χ4v) is 3.90. The molecule has 0 aliphatic heterocycles. The number of hydrogen-bond acceptors (Lipinski definition) is 4. The largest absolute Gasteiger partial charge is 0.461 e. The van der Waals surface area contributed by atoms with E-state index >= 15 is 0 Å². The molecule has 4 nitrogen and oxygen atoms in total. The lowest BCUT2D eigenvalue weighted by Gasteiger charge is -2.10. The Bertz CT molecular complexity index is 1000. The first-order chi connectivity index (χ1) is 13.6. The van der Waals surface area contributed by atoms with Crippen LogP contribution in [0.25, 0.3) is 22.6 Å². The highest BCUT2D eigenvalue weighted by Crippen LogP contribution is 2.35. The van der Waals surface area contributed by atoms with Crippen molar-refractivity contribution in [2.24, 2.45) is 13.0 Å². The van der Waals surface area contributed by atoms with Crippen molar-refractivity contribution < 1.29 is 13.2 Å². The van der Waals surface area contributed by atoms with Crippen molar-refractivity contribution in [1.82, 2.24) is 14.5 Å². The molecule has 0 unspecified atom stereocenters. The van der Waals surface area contributed by atoms with Crippen LogP contribution < -0.4 is 4.72 Å². The van der Waals surface area contributed by atoms with Gasteiger partial charge in [-0.25, -0.2) is 4.98 Å². The highest BCUT2D eigenvalue weighted by Gasteiger charge is 2.29. The molecule has 1 aromatic carbocycles. The van der Waals surface area contributed by atoms with Crippen molar-refractivity contribution in [3.63, 3.8) is 0 Å². The maximum atomic E-state index is 12.4. The Morgan fingerprint density at radius 3 is 2.59 bits per heavy atom. The van der Waals surface area contributed by atoms with Gasteiger partial charge in [-0.1, -0.05) is 19.9 Å². The summed E-state index contributed by atoms with van der Waals surface area (Å²) < 4.78 is 41.9. The van der Waals surface area contributed by atoms with Crippen LogP contribution in [-0.2, 0) is 13.5 Å². The number of alkyl halides is 3. The monoisotopic (exact) mass is 484 g/mol. The molecule has 0 amide bonds. The zero-order valence-corrected chi connectivity index (χ0v) is 18.5. The number of anilines is 1. The Morgan fingerprint density at radius 2 is 1.93 bits per heavy atom. The zero-order chi connectivity index (χ0) is 21.2. The summed E-state index contributed by atoms with van der Waals surface area (Å²) in [7, 11) is 1.92. The molecule has 29 heavy (non-hydrogen) atoms. The molecule has 0 radical (unpaired) electrons. The second-order valence-electron chi connectivity index (χ2n) is 7.04. The predicted octanol–water partition coefficient (Wildman–Crippen LogP) is 6.69. The van der Waals surface area contributed by atoms with Crippen molar-refractivity contribution in [3.05, 3.63) is 52.9 Å². The van der Waals surface area contributed by atoms with Gasteiger partial charge in [0.05, 0.1) is 23.3 Å². The number of nitrogens with one attached hydrogen (secondary N) is 1. The maximum absolute atomic E-state index is 12.4. The maximum Gasteiger partial charge on any atom is 0.461 e. The van der Waals surface area contributed by atoms with E-state index in [0.717, 1.165) is 34.8 Å². The van der Waals surface area contributed by atoms with Crippen LogP contribution in [-0.4, -0.2) is 20.0 Å². The minimum Gasteiger partial charge on any atom is -0.333 e. The van der Waals surface area contributed by atoms with E-state index in [2.05, 4.69) is 39.5 Å². The molecule has 0 spiro atoms. The Balaban J connectivity index is 1.86. The second-order valence-corrected chi connectivity index (χ2v) is 8.76. The molecule has 0 saturated heterocycles. The van der Waals surface area contributed by atoms with E-state index in [1.54, 1.807) is 24.4 Å². The van der Waals surface area contributed by atoms with Crippen molar-refractivity contribution in [3.8, 4) is 22.6 Å². The Morgan fingerprint density at radius 1 is 1.17 bits per heavy atom. The van der Waals surface area contributed by atoms with Gasteiger partial charge >= 0.3 is 5.51 Å². The van der Waals surface area contributed by atoms with E-state index in [1.807, 2.05) is 29.9 Å². The van der Waals surface area contributed by atoms with E-state index in [9.17, 15) is 13.2 Å². The van der Waals surface area contributed by atoms with Gasteiger partial charge in [0, 0.05) is 40.7 Å². The normalized spacial score (nSPS) is 11.9. The molecular weight excluding hydrogens is 465 g/mol. The number of imidazole rings is 1. The van der Waals surface area contributed by atoms with Crippen LogP contribution in [0.2, 0.25) is 0 Å². The summed E-state index contributed by atoms with van der Waals surface area (Å²) in [4.78, 5) is 9.16. The first kappa shape index (κ1) is 21.7. The molecule has 0 atom stereocenters. The van der Waals surface area contributed by atoms with Crippen LogP contribution in [0.4, 0.5) is 18.9 Å². The van der Waals surface area contributed by atoms with Crippen LogP contribution in [0, 0.1) is 5.92 Å². The average Bonchev–Trinajstić information content (AvgIpc) is 3.01. The lowest BCUT2D eigenvalue weighted by Crippen LogP contribution is -2.04. The van der Waals surface area contributed by atoms with Gasteiger partial charge in [0.25, 0.3) is 0 Å². The van der Waals surface area contributed by atoms with Gasteiger partial charge < -0.3 is 9.29 Å². The quantitative estimate of drug-likeness (QED) is 0.395. The van der Waals surface area contributed by atoms with E-state index < -0.39 is 5.51 Å². The third-order valence-corrected chi connectivity index (χ3v) is 5.32. The number of nitrogens with zero attached hydrogens (tertiary/aromatic N) is 3. The molecule has 154 valence electrons. The Kier molecular flexibility index (Phi) is 6.58. The molecule has 2 heterocycles. The van der Waals surface area contributed by atoms with Gasteiger partial charge in [-0.15, -0.1) is 0 Å². The summed E-state index contributed by atoms with van der Waals surface area (Å²) in [5.74, 6) is 1.31. The van der Waals surface area contributed by atoms with Crippen LogP contribution in [0.3, 0.4) is 0 Å². The predicted molar refractivity (Wildman–Crippen MR) is 115 cm³/mol. The highest BCUT2D eigenvalue weighted by molar-refractivity contribution is 9.10. The molecule has 0 aliphatic rings. The lowest BCUT2D eigenvalue weighted by atomic mass is 10.1. The molecular formula is C20H20BrF3N4S. The van der Waals surface area contributed by atoms with E-state index in [4.69, 9.17) is 4.98 Å². The first-order valence-corrected chi connectivity index (χ1v) is 10.5. The van der Waals surface area contributed by atoms with Gasteiger partial charge in [0.1, 0.15) is 5.82 Å². The van der Waals surface area contributed by atoms with Crippen LogP contribution >= 0.6 is 27.9 Å². The van der Waals surface area contributed by atoms with Gasteiger partial charge in [0.15, 0.2) is 0 Å². The number of halogens is 4. The first-order valence-electron chi connectivity index (χ1n) is 8.91. The van der Waals surface area contributed by atoms with Gasteiger partial charge in [-0.05, 0) is 52.5 Å². The smallest absolute Gasteiger partial charge is 0.333 e. The molecule has 0 aliphatic carbocycles. The molecule has 0 saturated carbocycles. The number of rotatable bonds is 6. The summed E-state index contributed by atoms with van der Waals surface area (Å²) in [5.41, 5.74) is -0.476. The number of hydrogen-bond donors (Lipinski definition) is 1. The van der Waals surface area contributed by atoms with Crippen molar-refractivity contribution in [2.45, 2.75) is 25.8 Å². The Labute approximate surface area is 180 Å². The summed E-state index contributed by atoms with van der Waals surface area (Å²) >= 11 is 3.03. The van der Waals surface area contributed by atoms with Crippen molar-refractivity contribution in [2.75, 3.05) is 4.72 Å². The molecule has 0 fully saturated rings. The topological polar surface area (TPSA) is 42.7 Å². The number of aromatic nitrogens is 3. The second kappa shape index (κ2) is 8.79. The molecule has 3 aromatic rings. The summed E-state index contributed by atoms with van der Waals surface area (Å²) in [6.07, 6.45) is 4.58. The zero-order valence-electron chi connectivity index (χ0n) is 16.1. The third kappa shape index (κ3) is 5.76. The van der Waals surface area contributed by atoms with Crippen molar-refractivity contribution >= 4 is 33.6 Å². The molecule has 2 aromatic heterocycles. The van der Waals surface area contributed by atoms with Crippen LogP contribution in [0.1, 0.15) is 19.5 Å². The fraction of sp³-hybridized carbons (Fsp3) is 0.300. The molecule has 9 heteroatoms.